The zero-order chi connectivity index (χ0) is 34.1. The Balaban J connectivity index is 1.17. The maximum absolute atomic E-state index is 14.3. The maximum atomic E-state index is 14.3. The van der Waals surface area contributed by atoms with Crippen molar-refractivity contribution in [2.75, 3.05) is 19.4 Å². The number of aromatic nitrogens is 1. The Bertz CT molecular complexity index is 1820. The molecule has 1 amide bonds. The van der Waals surface area contributed by atoms with Gasteiger partial charge in [0.05, 0.1) is 35.0 Å². The molecule has 7 aliphatic carbocycles. The summed E-state index contributed by atoms with van der Waals surface area (Å²) >= 11 is 1.44. The number of nitrogens with one attached hydrogen (secondary N) is 1. The summed E-state index contributed by atoms with van der Waals surface area (Å²) < 4.78 is 0. The molecule has 2 aromatic rings. The van der Waals surface area contributed by atoms with Crippen molar-refractivity contribution in [3.63, 3.8) is 0 Å². The predicted molar refractivity (Wildman–Crippen MR) is 176 cm³/mol. The molecule has 0 radical (unpaired) electrons. The van der Waals surface area contributed by atoms with Gasteiger partial charge in [-0.25, -0.2) is 4.98 Å². The number of phenolic OH excluding ortho intramolecular Hbond substituents is 1. The van der Waals surface area contributed by atoms with Gasteiger partial charge in [-0.05, 0) is 87.4 Å². The summed E-state index contributed by atoms with van der Waals surface area (Å²) in [5.41, 5.74) is 2.78. The lowest BCUT2D eigenvalue weighted by atomic mass is 9.51. The highest BCUT2D eigenvalue weighted by Crippen LogP contribution is 2.60. The number of carbonyl (C=O) groups is 3. The van der Waals surface area contributed by atoms with Crippen molar-refractivity contribution in [3.05, 3.63) is 51.2 Å². The summed E-state index contributed by atoms with van der Waals surface area (Å²) in [7, 11) is 2.95. The van der Waals surface area contributed by atoms with E-state index in [1.54, 1.807) is 19.1 Å². The van der Waals surface area contributed by atoms with Crippen LogP contribution in [0.4, 0.5) is 10.8 Å². The molecular formula is C35H40N4O8S. The number of fused-ring (bicyclic) bond motifs is 3. The van der Waals surface area contributed by atoms with Crippen LogP contribution < -0.4 is 11.1 Å². The van der Waals surface area contributed by atoms with E-state index in [0.717, 1.165) is 17.5 Å². The number of anilines is 2. The number of aliphatic hydroxyl groups is 4. The molecule has 0 spiro atoms. The van der Waals surface area contributed by atoms with E-state index in [-0.39, 0.29) is 17.0 Å². The SMILES string of the molecule is C[C@H]1c2ccc(Nc3nc(C4C5CC6CC(C5)CC4C6)cs3)c(O)c2C(O)=C2C(=O)[C@]3(O)C(O)=C(C(N)=O)C(=O)[C@@H](N(C)C)C3[C@@H](O)C21. The van der Waals surface area contributed by atoms with E-state index in [9.17, 15) is 39.9 Å². The van der Waals surface area contributed by atoms with Crippen LogP contribution in [0.15, 0.2) is 34.4 Å². The first-order valence-electron chi connectivity index (χ1n) is 16.6. The van der Waals surface area contributed by atoms with E-state index in [4.69, 9.17) is 10.7 Å². The van der Waals surface area contributed by atoms with Gasteiger partial charge in [-0.15, -0.1) is 11.3 Å². The number of benzene rings is 1. The maximum Gasteiger partial charge on any atom is 0.255 e. The molecule has 1 aromatic heterocycles. The van der Waals surface area contributed by atoms with E-state index in [0.29, 0.717) is 28.4 Å². The molecule has 5 fully saturated rings. The van der Waals surface area contributed by atoms with Crippen LogP contribution in [-0.4, -0.2) is 84.7 Å². The fraction of sp³-hybridized carbons (Fsp3) is 0.543. The van der Waals surface area contributed by atoms with Crippen LogP contribution in [0, 0.1) is 35.5 Å². The highest BCUT2D eigenvalue weighted by atomic mass is 32.1. The molecule has 9 rings (SSSR count). The number of rotatable bonds is 5. The fourth-order valence-electron chi connectivity index (χ4n) is 10.7. The Labute approximate surface area is 281 Å². The molecule has 0 saturated heterocycles. The topological polar surface area (TPSA) is 207 Å². The van der Waals surface area contributed by atoms with Gasteiger partial charge in [0.2, 0.25) is 5.78 Å². The van der Waals surface area contributed by atoms with Crippen LogP contribution in [0.1, 0.15) is 67.7 Å². The third-order valence-corrected chi connectivity index (χ3v) is 13.2. The van der Waals surface area contributed by atoms with Crippen LogP contribution in [0.3, 0.4) is 0 Å². The molecule has 5 saturated carbocycles. The van der Waals surface area contributed by atoms with E-state index in [2.05, 4.69) is 10.7 Å². The van der Waals surface area contributed by atoms with Crippen molar-refractivity contribution < 1.29 is 39.9 Å². The van der Waals surface area contributed by atoms with E-state index < -0.39 is 75.6 Å². The standard InChI is InChI=1S/C35H40N4O8S/c1-12-17-4-5-18(37-34-38-19(11-48-34)21-15-7-13-6-14(9-15)10-16(21)8-13)27(40)22(17)28(41)23-20(12)29(42)25-26(39(2)3)30(43)24(33(36)46)32(45)35(25,47)31(23)44/h4-5,11-16,20-21,25-26,29,40-42,45,47H,6-10H2,1-3H3,(H2,36,46)(H,37,38)/t12-,13?,14?,15?,16?,20?,21?,25?,26-,29-,35-/m0/s1. The zero-order valence-corrected chi connectivity index (χ0v) is 27.7. The number of Topliss-reactive ketones (excluding diaryl/α,β-unsaturated/α-hetero) is 2. The number of thiazole rings is 1. The molecule has 4 bridgehead atoms. The second-order valence-electron chi connectivity index (χ2n) is 15.1. The van der Waals surface area contributed by atoms with E-state index in [1.165, 1.54) is 62.4 Å². The predicted octanol–water partition coefficient (Wildman–Crippen LogP) is 3.24. The minimum Gasteiger partial charge on any atom is -0.508 e. The third kappa shape index (κ3) is 4.10. The van der Waals surface area contributed by atoms with Crippen molar-refractivity contribution in [1.82, 2.24) is 9.88 Å². The normalized spacial score (nSPS) is 38.3. The van der Waals surface area contributed by atoms with Crippen LogP contribution in [0.5, 0.6) is 5.75 Å². The number of aliphatic hydroxyl groups excluding tert-OH is 3. The van der Waals surface area contributed by atoms with Crippen LogP contribution in [-0.2, 0) is 14.4 Å². The molecule has 6 atom stereocenters. The van der Waals surface area contributed by atoms with E-state index in [1.807, 2.05) is 0 Å². The average Bonchev–Trinajstić information content (AvgIpc) is 3.47. The summed E-state index contributed by atoms with van der Waals surface area (Å²) in [6.07, 6.45) is 4.80. The van der Waals surface area contributed by atoms with Crippen molar-refractivity contribution in [2.45, 2.75) is 68.6 Å². The van der Waals surface area contributed by atoms with Gasteiger partial charge < -0.3 is 36.6 Å². The van der Waals surface area contributed by atoms with Gasteiger partial charge >= 0.3 is 0 Å². The first-order valence-corrected chi connectivity index (χ1v) is 17.5. The first kappa shape index (κ1) is 31.5. The molecule has 8 N–H and O–H groups in total. The van der Waals surface area contributed by atoms with Crippen LogP contribution in [0.2, 0.25) is 0 Å². The van der Waals surface area contributed by atoms with Crippen LogP contribution in [0.25, 0.3) is 5.76 Å². The highest BCUT2D eigenvalue weighted by Gasteiger charge is 2.68. The summed E-state index contributed by atoms with van der Waals surface area (Å²) in [4.78, 5) is 46.2. The number of nitrogens with two attached hydrogens (primary N) is 1. The number of hydrogen-bond acceptors (Lipinski definition) is 12. The van der Waals surface area contributed by atoms with Gasteiger partial charge in [-0.2, -0.15) is 0 Å². The highest BCUT2D eigenvalue weighted by molar-refractivity contribution is 7.13. The molecule has 1 aromatic carbocycles. The molecule has 12 nitrogen and oxygen atoms in total. The molecule has 13 heteroatoms. The quantitative estimate of drug-likeness (QED) is 0.181. The minimum absolute atomic E-state index is 0.0613. The smallest absolute Gasteiger partial charge is 0.255 e. The number of likely N-dealkylation sites (N-methyl/N-ethyl adjacent to an activating group) is 1. The number of carbonyl (C=O) groups excluding carboxylic acids is 3. The number of amides is 1. The average molecular weight is 677 g/mol. The second kappa shape index (κ2) is 10.6. The van der Waals surface area contributed by atoms with Gasteiger partial charge in [-0.1, -0.05) is 13.0 Å². The molecular weight excluding hydrogens is 636 g/mol. The Morgan fingerprint density at radius 3 is 2.29 bits per heavy atom. The first-order chi connectivity index (χ1) is 22.7. The molecule has 1 heterocycles. The molecule has 7 aliphatic rings. The van der Waals surface area contributed by atoms with Crippen molar-refractivity contribution in [3.8, 4) is 5.75 Å². The lowest BCUT2D eigenvalue weighted by Gasteiger charge is -2.54. The molecule has 48 heavy (non-hydrogen) atoms. The van der Waals surface area contributed by atoms with Crippen molar-refractivity contribution in [2.24, 2.45) is 41.2 Å². The molecule has 0 aliphatic heterocycles. The lowest BCUT2D eigenvalue weighted by Crippen LogP contribution is -2.70. The number of ketones is 2. The Kier molecular flexibility index (Phi) is 6.96. The summed E-state index contributed by atoms with van der Waals surface area (Å²) in [5.74, 6) is -5.70. The number of phenols is 1. The zero-order valence-electron chi connectivity index (χ0n) is 26.9. The van der Waals surface area contributed by atoms with Gasteiger partial charge in [0, 0.05) is 22.8 Å². The lowest BCUT2D eigenvalue weighted by molar-refractivity contribution is -0.169. The largest absolute Gasteiger partial charge is 0.508 e. The number of primary amides is 1. The summed E-state index contributed by atoms with van der Waals surface area (Å²) in [5, 5.41) is 64.0. The number of hydrogen-bond donors (Lipinski definition) is 7. The van der Waals surface area contributed by atoms with Crippen molar-refractivity contribution in [1.29, 1.82) is 0 Å². The third-order valence-electron chi connectivity index (χ3n) is 12.5. The molecule has 2 unspecified atom stereocenters. The van der Waals surface area contributed by atoms with Crippen LogP contribution >= 0.6 is 11.3 Å². The number of aromatic hydroxyl groups is 1. The van der Waals surface area contributed by atoms with Gasteiger partial charge in [0.1, 0.15) is 22.8 Å². The molecule has 254 valence electrons. The van der Waals surface area contributed by atoms with Crippen molar-refractivity contribution >= 4 is 45.4 Å². The van der Waals surface area contributed by atoms with E-state index >= 15 is 0 Å². The Morgan fingerprint density at radius 1 is 1.04 bits per heavy atom. The van der Waals surface area contributed by atoms with Gasteiger partial charge in [0.25, 0.3) is 5.91 Å². The second-order valence-corrected chi connectivity index (χ2v) is 16.0. The number of nitrogens with zero attached hydrogens (tertiary/aromatic N) is 2. The summed E-state index contributed by atoms with van der Waals surface area (Å²) in [6.45, 7) is 1.71. The Hall–Kier alpha value is -3.78. The van der Waals surface area contributed by atoms with Gasteiger partial charge in [-0.3, -0.25) is 19.3 Å². The summed E-state index contributed by atoms with van der Waals surface area (Å²) in [6, 6.07) is 1.95. The minimum atomic E-state index is -2.95. The van der Waals surface area contributed by atoms with Gasteiger partial charge in [0.15, 0.2) is 16.5 Å². The Morgan fingerprint density at radius 2 is 1.69 bits per heavy atom. The monoisotopic (exact) mass is 676 g/mol. The fourth-order valence-corrected chi connectivity index (χ4v) is 11.5.